The van der Waals surface area contributed by atoms with Crippen LogP contribution in [0.25, 0.3) is 10.4 Å². The van der Waals surface area contributed by atoms with E-state index in [4.69, 9.17) is 17.3 Å². The van der Waals surface area contributed by atoms with Crippen LogP contribution in [0.15, 0.2) is 18.3 Å². The average molecular weight is 247 g/mol. The fraction of sp³-hybridized carbons (Fsp3) is 0. The van der Waals surface area contributed by atoms with E-state index >= 15 is 0 Å². The number of anilines is 1. The van der Waals surface area contributed by atoms with Crippen molar-refractivity contribution in [2.75, 3.05) is 5.73 Å². The van der Waals surface area contributed by atoms with Gasteiger partial charge in [0.1, 0.15) is 10.8 Å². The topological polar surface area (TPSA) is 38.9 Å². The Kier molecular flexibility index (Phi) is 2.58. The van der Waals surface area contributed by atoms with Crippen LogP contribution < -0.4 is 5.73 Å². The Morgan fingerprint density at radius 1 is 1.33 bits per heavy atom. The molecule has 0 aliphatic carbocycles. The van der Waals surface area contributed by atoms with Gasteiger partial charge in [-0.2, -0.15) is 0 Å². The molecule has 6 heteroatoms. The van der Waals surface area contributed by atoms with Gasteiger partial charge in [-0.3, -0.25) is 0 Å². The molecule has 0 radical (unpaired) electrons. The second-order valence-corrected chi connectivity index (χ2v) is 4.23. The molecule has 1 heterocycles. The van der Waals surface area contributed by atoms with Crippen molar-refractivity contribution < 1.29 is 8.78 Å². The van der Waals surface area contributed by atoms with E-state index in [9.17, 15) is 8.78 Å². The second-order valence-electron chi connectivity index (χ2n) is 2.79. The lowest BCUT2D eigenvalue weighted by Gasteiger charge is -2.01. The summed E-state index contributed by atoms with van der Waals surface area (Å²) >= 11 is 6.56. The van der Waals surface area contributed by atoms with Gasteiger partial charge in [0, 0.05) is 11.8 Å². The number of hydrogen-bond acceptors (Lipinski definition) is 3. The first-order valence-electron chi connectivity index (χ1n) is 3.95. The van der Waals surface area contributed by atoms with Crippen molar-refractivity contribution in [2.45, 2.75) is 0 Å². The highest BCUT2D eigenvalue weighted by Gasteiger charge is 2.14. The van der Waals surface area contributed by atoms with Crippen molar-refractivity contribution in [3.05, 3.63) is 35.0 Å². The summed E-state index contributed by atoms with van der Waals surface area (Å²) in [5.74, 6) is -1.57. The van der Waals surface area contributed by atoms with Gasteiger partial charge in [-0.05, 0) is 12.1 Å². The first-order chi connectivity index (χ1) is 7.09. The Morgan fingerprint density at radius 2 is 2.07 bits per heavy atom. The van der Waals surface area contributed by atoms with Crippen molar-refractivity contribution in [3.8, 4) is 10.4 Å². The predicted octanol–water partition coefficient (Wildman–Crippen LogP) is 3.32. The van der Waals surface area contributed by atoms with Crippen LogP contribution in [0.5, 0.6) is 0 Å². The summed E-state index contributed by atoms with van der Waals surface area (Å²) in [6, 6.07) is 2.42. The lowest BCUT2D eigenvalue weighted by atomic mass is 10.2. The third-order valence-corrected chi connectivity index (χ3v) is 3.03. The fourth-order valence-corrected chi connectivity index (χ4v) is 2.00. The molecule has 0 spiro atoms. The van der Waals surface area contributed by atoms with Crippen LogP contribution in [0.2, 0.25) is 5.02 Å². The number of halogens is 3. The van der Waals surface area contributed by atoms with Gasteiger partial charge in [0.2, 0.25) is 0 Å². The van der Waals surface area contributed by atoms with Crippen LogP contribution in [0, 0.1) is 11.6 Å². The highest BCUT2D eigenvalue weighted by molar-refractivity contribution is 7.18. The second kappa shape index (κ2) is 3.75. The molecular weight excluding hydrogens is 242 g/mol. The van der Waals surface area contributed by atoms with Crippen molar-refractivity contribution in [1.82, 2.24) is 4.98 Å². The molecule has 0 unspecified atom stereocenters. The Hall–Kier alpha value is -1.20. The normalized spacial score (nSPS) is 10.6. The molecule has 0 saturated carbocycles. The van der Waals surface area contributed by atoms with Crippen molar-refractivity contribution in [3.63, 3.8) is 0 Å². The molecule has 0 aliphatic rings. The minimum Gasteiger partial charge on any atom is -0.375 e. The van der Waals surface area contributed by atoms with E-state index in [0.29, 0.717) is 10.0 Å². The molecule has 2 N–H and O–H groups in total. The van der Waals surface area contributed by atoms with Gasteiger partial charge >= 0.3 is 0 Å². The predicted molar refractivity (Wildman–Crippen MR) is 56.9 cm³/mol. The average Bonchev–Trinajstić information content (AvgIpc) is 2.61. The number of nitrogen functional groups attached to an aromatic ring is 1. The van der Waals surface area contributed by atoms with E-state index in [1.54, 1.807) is 0 Å². The summed E-state index contributed by atoms with van der Waals surface area (Å²) < 4.78 is 26.4. The van der Waals surface area contributed by atoms with Crippen LogP contribution in [-0.4, -0.2) is 4.98 Å². The third kappa shape index (κ3) is 1.80. The zero-order valence-electron chi connectivity index (χ0n) is 7.30. The highest BCUT2D eigenvalue weighted by Crippen LogP contribution is 2.33. The number of nitrogens with two attached hydrogens (primary N) is 1. The number of hydrogen-bond donors (Lipinski definition) is 1. The van der Waals surface area contributed by atoms with Gasteiger partial charge in [0.05, 0.1) is 4.88 Å². The molecule has 2 aromatic rings. The van der Waals surface area contributed by atoms with E-state index < -0.39 is 16.7 Å². The van der Waals surface area contributed by atoms with E-state index in [2.05, 4.69) is 4.98 Å². The first-order valence-corrected chi connectivity index (χ1v) is 5.14. The maximum Gasteiger partial charge on any atom is 0.180 e. The van der Waals surface area contributed by atoms with E-state index in [-0.39, 0.29) is 5.56 Å². The smallest absolute Gasteiger partial charge is 0.180 e. The van der Waals surface area contributed by atoms with Crippen LogP contribution in [0.1, 0.15) is 0 Å². The summed E-state index contributed by atoms with van der Waals surface area (Å²) in [5, 5.41) is -0.190. The molecule has 1 aromatic heterocycles. The van der Waals surface area contributed by atoms with E-state index in [1.807, 2.05) is 0 Å². The molecule has 2 nitrogen and oxygen atoms in total. The molecule has 0 saturated heterocycles. The maximum absolute atomic E-state index is 13.5. The Balaban J connectivity index is 2.59. The highest BCUT2D eigenvalue weighted by atomic mass is 35.5. The van der Waals surface area contributed by atoms with Gasteiger partial charge in [-0.15, -0.1) is 0 Å². The molecule has 2 rings (SSSR count). The van der Waals surface area contributed by atoms with Crippen LogP contribution in [0.4, 0.5) is 13.9 Å². The summed E-state index contributed by atoms with van der Waals surface area (Å²) in [6.07, 6.45) is 1.42. The monoisotopic (exact) mass is 246 g/mol. The molecule has 0 bridgehead atoms. The minimum absolute atomic E-state index is 0.204. The summed E-state index contributed by atoms with van der Waals surface area (Å²) in [7, 11) is 0. The summed E-state index contributed by atoms with van der Waals surface area (Å²) in [6.45, 7) is 0. The van der Waals surface area contributed by atoms with E-state index in [1.165, 1.54) is 12.3 Å². The Bertz CT molecular complexity index is 513. The number of rotatable bonds is 1. The molecule has 0 amide bonds. The Morgan fingerprint density at radius 3 is 2.67 bits per heavy atom. The number of thiazole rings is 1. The SMILES string of the molecule is Nc1ncc(-c2ccc(F)c(Cl)c2F)s1. The summed E-state index contributed by atoms with van der Waals surface area (Å²) in [5.41, 5.74) is 5.62. The third-order valence-electron chi connectivity index (χ3n) is 1.82. The molecule has 78 valence electrons. The molecule has 0 fully saturated rings. The lowest BCUT2D eigenvalue weighted by Crippen LogP contribution is -1.87. The van der Waals surface area contributed by atoms with Crippen LogP contribution >= 0.6 is 22.9 Å². The number of aromatic nitrogens is 1. The first kappa shape index (κ1) is 10.3. The number of benzene rings is 1. The molecule has 0 aliphatic heterocycles. The Labute approximate surface area is 93.3 Å². The van der Waals surface area contributed by atoms with Gasteiger partial charge < -0.3 is 5.73 Å². The van der Waals surface area contributed by atoms with Crippen molar-refractivity contribution in [2.24, 2.45) is 0 Å². The summed E-state index contributed by atoms with van der Waals surface area (Å²) in [4.78, 5) is 4.30. The lowest BCUT2D eigenvalue weighted by molar-refractivity contribution is 0.586. The van der Waals surface area contributed by atoms with Crippen molar-refractivity contribution >= 4 is 28.1 Å². The van der Waals surface area contributed by atoms with Gasteiger partial charge in [0.15, 0.2) is 10.9 Å². The molecule has 0 atom stereocenters. The van der Waals surface area contributed by atoms with Crippen molar-refractivity contribution in [1.29, 1.82) is 0 Å². The number of nitrogens with zero attached hydrogens (tertiary/aromatic N) is 1. The quantitative estimate of drug-likeness (QED) is 0.784. The zero-order chi connectivity index (χ0) is 11.0. The van der Waals surface area contributed by atoms with E-state index in [0.717, 1.165) is 17.4 Å². The largest absolute Gasteiger partial charge is 0.375 e. The standard InChI is InChI=1S/C9H5ClF2N2S/c10-7-5(11)2-1-4(8(7)12)6-3-14-9(13)15-6/h1-3H,(H2,13,14). The fourth-order valence-electron chi connectivity index (χ4n) is 1.13. The van der Waals surface area contributed by atoms with Crippen LogP contribution in [-0.2, 0) is 0 Å². The van der Waals surface area contributed by atoms with Crippen LogP contribution in [0.3, 0.4) is 0 Å². The molecule has 15 heavy (non-hydrogen) atoms. The maximum atomic E-state index is 13.5. The van der Waals surface area contributed by atoms with Gasteiger partial charge in [-0.1, -0.05) is 22.9 Å². The molecular formula is C9H5ClF2N2S. The zero-order valence-corrected chi connectivity index (χ0v) is 8.87. The molecule has 1 aromatic carbocycles. The minimum atomic E-state index is -0.791. The van der Waals surface area contributed by atoms with Gasteiger partial charge in [0.25, 0.3) is 0 Å². The van der Waals surface area contributed by atoms with Gasteiger partial charge in [-0.25, -0.2) is 13.8 Å².